The molecule has 1 amide bonds. The molecule has 0 aliphatic rings. The SMILES string of the molecule is O=C(CCc1ccc(Cl)cc1)Nc1ccc(Br)cc1Br. The Labute approximate surface area is 139 Å². The number of benzene rings is 2. The molecule has 0 radical (unpaired) electrons. The first-order valence-electron chi connectivity index (χ1n) is 6.04. The molecule has 0 bridgehead atoms. The summed E-state index contributed by atoms with van der Waals surface area (Å²) in [4.78, 5) is 11.9. The predicted octanol–water partition coefficient (Wildman–Crippen LogP) is 5.44. The number of halogens is 3. The van der Waals surface area contributed by atoms with E-state index in [2.05, 4.69) is 37.2 Å². The van der Waals surface area contributed by atoms with Crippen LogP contribution in [0, 0.1) is 0 Å². The van der Waals surface area contributed by atoms with Gasteiger partial charge in [-0.25, -0.2) is 0 Å². The molecule has 0 unspecified atom stereocenters. The van der Waals surface area contributed by atoms with Crippen molar-refractivity contribution in [3.05, 3.63) is 62.0 Å². The number of anilines is 1. The zero-order valence-electron chi connectivity index (χ0n) is 10.5. The Morgan fingerprint density at radius 2 is 1.80 bits per heavy atom. The number of hydrogen-bond donors (Lipinski definition) is 1. The zero-order valence-corrected chi connectivity index (χ0v) is 14.4. The summed E-state index contributed by atoms with van der Waals surface area (Å²) in [5, 5.41) is 3.59. The number of nitrogens with one attached hydrogen (secondary N) is 1. The number of aryl methyl sites for hydroxylation is 1. The van der Waals surface area contributed by atoms with Gasteiger partial charge in [-0.05, 0) is 58.2 Å². The minimum atomic E-state index is -0.0111. The number of carbonyl (C=O) groups is 1. The molecule has 0 saturated heterocycles. The summed E-state index contributed by atoms with van der Waals surface area (Å²) >= 11 is 12.6. The molecule has 104 valence electrons. The molecule has 0 spiro atoms. The van der Waals surface area contributed by atoms with Crippen molar-refractivity contribution in [1.29, 1.82) is 0 Å². The summed E-state index contributed by atoms with van der Waals surface area (Å²) in [6, 6.07) is 13.2. The largest absolute Gasteiger partial charge is 0.325 e. The molecule has 0 atom stereocenters. The zero-order chi connectivity index (χ0) is 14.5. The Bertz CT molecular complexity index is 614. The number of rotatable bonds is 4. The summed E-state index contributed by atoms with van der Waals surface area (Å²) in [6.45, 7) is 0. The lowest BCUT2D eigenvalue weighted by Gasteiger charge is -2.08. The molecular formula is C15H12Br2ClNO. The third-order valence-corrected chi connectivity index (χ3v) is 4.16. The average molecular weight is 418 g/mol. The number of amides is 1. The van der Waals surface area contributed by atoms with Crippen LogP contribution >= 0.6 is 43.5 Å². The molecule has 20 heavy (non-hydrogen) atoms. The van der Waals surface area contributed by atoms with E-state index in [1.165, 1.54) is 0 Å². The van der Waals surface area contributed by atoms with Crippen LogP contribution < -0.4 is 5.32 Å². The van der Waals surface area contributed by atoms with Gasteiger partial charge in [-0.15, -0.1) is 0 Å². The molecule has 5 heteroatoms. The van der Waals surface area contributed by atoms with Crippen LogP contribution in [0.15, 0.2) is 51.4 Å². The lowest BCUT2D eigenvalue weighted by molar-refractivity contribution is -0.116. The normalized spacial score (nSPS) is 10.3. The van der Waals surface area contributed by atoms with Crippen LogP contribution in [0.1, 0.15) is 12.0 Å². The molecule has 2 aromatic carbocycles. The molecule has 0 heterocycles. The summed E-state index contributed by atoms with van der Waals surface area (Å²) in [7, 11) is 0. The second kappa shape index (κ2) is 7.25. The molecule has 0 aliphatic heterocycles. The molecule has 2 aromatic rings. The summed E-state index contributed by atoms with van der Waals surface area (Å²) < 4.78 is 1.82. The highest BCUT2D eigenvalue weighted by Crippen LogP contribution is 2.26. The van der Waals surface area contributed by atoms with E-state index in [1.807, 2.05) is 42.5 Å². The molecule has 0 aromatic heterocycles. The first kappa shape index (κ1) is 15.5. The first-order chi connectivity index (χ1) is 9.54. The fraction of sp³-hybridized carbons (Fsp3) is 0.133. The van der Waals surface area contributed by atoms with E-state index in [4.69, 9.17) is 11.6 Å². The van der Waals surface area contributed by atoms with Gasteiger partial charge in [-0.3, -0.25) is 4.79 Å². The maximum absolute atomic E-state index is 11.9. The van der Waals surface area contributed by atoms with Crippen molar-refractivity contribution >= 4 is 55.1 Å². The Morgan fingerprint density at radius 3 is 2.45 bits per heavy atom. The fourth-order valence-electron chi connectivity index (χ4n) is 1.71. The minimum Gasteiger partial charge on any atom is -0.325 e. The highest BCUT2D eigenvalue weighted by molar-refractivity contribution is 9.11. The highest BCUT2D eigenvalue weighted by Gasteiger charge is 2.06. The van der Waals surface area contributed by atoms with Crippen LogP contribution in [0.2, 0.25) is 5.02 Å². The van der Waals surface area contributed by atoms with Crippen molar-refractivity contribution in [3.8, 4) is 0 Å². The van der Waals surface area contributed by atoms with Gasteiger partial charge in [0.1, 0.15) is 0 Å². The molecule has 0 saturated carbocycles. The van der Waals surface area contributed by atoms with Crippen molar-refractivity contribution in [1.82, 2.24) is 0 Å². The Hall–Kier alpha value is -0.840. The van der Waals surface area contributed by atoms with E-state index in [1.54, 1.807) is 0 Å². The van der Waals surface area contributed by atoms with Crippen LogP contribution in [-0.4, -0.2) is 5.91 Å². The van der Waals surface area contributed by atoms with E-state index in [0.717, 1.165) is 20.2 Å². The number of hydrogen-bond acceptors (Lipinski definition) is 1. The molecule has 0 fully saturated rings. The van der Waals surface area contributed by atoms with E-state index < -0.39 is 0 Å². The Kier molecular flexibility index (Phi) is 5.64. The first-order valence-corrected chi connectivity index (χ1v) is 8.00. The van der Waals surface area contributed by atoms with Gasteiger partial charge in [0.25, 0.3) is 0 Å². The van der Waals surface area contributed by atoms with Crippen molar-refractivity contribution < 1.29 is 4.79 Å². The van der Waals surface area contributed by atoms with Gasteiger partial charge in [-0.1, -0.05) is 39.7 Å². The maximum atomic E-state index is 11.9. The van der Waals surface area contributed by atoms with E-state index in [0.29, 0.717) is 17.9 Å². The van der Waals surface area contributed by atoms with Crippen LogP contribution in [0.3, 0.4) is 0 Å². The Morgan fingerprint density at radius 1 is 1.10 bits per heavy atom. The van der Waals surface area contributed by atoms with Crippen LogP contribution in [0.5, 0.6) is 0 Å². The van der Waals surface area contributed by atoms with Gasteiger partial charge in [0, 0.05) is 20.4 Å². The summed E-state index contributed by atoms with van der Waals surface area (Å²) in [5.74, 6) is -0.0111. The second-order valence-electron chi connectivity index (χ2n) is 4.30. The number of carbonyl (C=O) groups excluding carboxylic acids is 1. The topological polar surface area (TPSA) is 29.1 Å². The maximum Gasteiger partial charge on any atom is 0.224 e. The van der Waals surface area contributed by atoms with Gasteiger partial charge in [0.15, 0.2) is 0 Å². The van der Waals surface area contributed by atoms with Crippen LogP contribution in [0.4, 0.5) is 5.69 Å². The minimum absolute atomic E-state index is 0.0111. The average Bonchev–Trinajstić information content (AvgIpc) is 2.41. The van der Waals surface area contributed by atoms with Crippen molar-refractivity contribution in [2.45, 2.75) is 12.8 Å². The van der Waals surface area contributed by atoms with Crippen LogP contribution in [-0.2, 0) is 11.2 Å². The van der Waals surface area contributed by atoms with Gasteiger partial charge in [0.05, 0.1) is 5.69 Å². The molecular weight excluding hydrogens is 405 g/mol. The molecule has 1 N–H and O–H groups in total. The van der Waals surface area contributed by atoms with Gasteiger partial charge in [0.2, 0.25) is 5.91 Å². The lowest BCUT2D eigenvalue weighted by Crippen LogP contribution is -2.12. The summed E-state index contributed by atoms with van der Waals surface area (Å²) in [5.41, 5.74) is 1.87. The third-order valence-electron chi connectivity index (χ3n) is 2.76. The molecule has 2 nitrogen and oxygen atoms in total. The smallest absolute Gasteiger partial charge is 0.224 e. The predicted molar refractivity (Wildman–Crippen MR) is 90.2 cm³/mol. The van der Waals surface area contributed by atoms with Gasteiger partial charge >= 0.3 is 0 Å². The fourth-order valence-corrected chi connectivity index (χ4v) is 2.98. The van der Waals surface area contributed by atoms with Crippen molar-refractivity contribution in [3.63, 3.8) is 0 Å². The Balaban J connectivity index is 1.90. The third kappa shape index (κ3) is 4.62. The van der Waals surface area contributed by atoms with Crippen molar-refractivity contribution in [2.75, 3.05) is 5.32 Å². The summed E-state index contributed by atoms with van der Waals surface area (Å²) in [6.07, 6.45) is 1.13. The quantitative estimate of drug-likeness (QED) is 0.706. The standard InChI is InChI=1S/C15H12Br2ClNO/c16-11-4-7-14(13(17)9-11)19-15(20)8-3-10-1-5-12(18)6-2-10/h1-2,4-7,9H,3,8H2,(H,19,20). The second-order valence-corrected chi connectivity index (χ2v) is 6.51. The lowest BCUT2D eigenvalue weighted by atomic mass is 10.1. The van der Waals surface area contributed by atoms with Gasteiger partial charge < -0.3 is 5.32 Å². The molecule has 0 aliphatic carbocycles. The molecule has 2 rings (SSSR count). The van der Waals surface area contributed by atoms with Crippen LogP contribution in [0.25, 0.3) is 0 Å². The monoisotopic (exact) mass is 415 g/mol. The van der Waals surface area contributed by atoms with Crippen molar-refractivity contribution in [2.24, 2.45) is 0 Å². The van der Waals surface area contributed by atoms with Gasteiger partial charge in [-0.2, -0.15) is 0 Å². The van der Waals surface area contributed by atoms with E-state index in [-0.39, 0.29) is 5.91 Å². The van der Waals surface area contributed by atoms with E-state index >= 15 is 0 Å². The highest BCUT2D eigenvalue weighted by atomic mass is 79.9. The van der Waals surface area contributed by atoms with E-state index in [9.17, 15) is 4.79 Å².